The van der Waals surface area contributed by atoms with E-state index in [1.807, 2.05) is 32.0 Å². The van der Waals surface area contributed by atoms with Gasteiger partial charge in [0.15, 0.2) is 0 Å². The van der Waals surface area contributed by atoms with E-state index in [0.29, 0.717) is 19.3 Å². The van der Waals surface area contributed by atoms with Crippen molar-refractivity contribution in [3.8, 4) is 5.75 Å². The predicted octanol–water partition coefficient (Wildman–Crippen LogP) is 3.18. The van der Waals surface area contributed by atoms with Crippen LogP contribution in [0.4, 0.5) is 0 Å². The first-order valence-electron chi connectivity index (χ1n) is 7.64. The summed E-state index contributed by atoms with van der Waals surface area (Å²) in [6.45, 7) is 10.2. The Balaban J connectivity index is 2.67. The van der Waals surface area contributed by atoms with E-state index in [0.717, 1.165) is 17.9 Å². The summed E-state index contributed by atoms with van der Waals surface area (Å²) in [7, 11) is 1.69. The molecule has 0 saturated heterocycles. The zero-order chi connectivity index (χ0) is 15.7. The van der Waals surface area contributed by atoms with E-state index >= 15 is 0 Å². The Morgan fingerprint density at radius 2 is 1.67 bits per heavy atom. The molecule has 21 heavy (non-hydrogen) atoms. The second-order valence-electron chi connectivity index (χ2n) is 5.58. The standard InChI is InChI=1S/C17H29NO3/c1-13(2)18-12-17(21-11-10-20-14(3)4)15-8-6-7-9-16(15)19-5/h6-9,13-14,17-18H,10-12H2,1-5H3. The quantitative estimate of drug-likeness (QED) is 0.673. The van der Waals surface area contributed by atoms with E-state index in [2.05, 4.69) is 25.2 Å². The maximum absolute atomic E-state index is 6.00. The number of rotatable bonds is 10. The number of hydrogen-bond donors (Lipinski definition) is 1. The summed E-state index contributed by atoms with van der Waals surface area (Å²) in [5, 5.41) is 3.42. The second kappa shape index (κ2) is 9.77. The Bertz CT molecular complexity index is 393. The van der Waals surface area contributed by atoms with Crippen LogP contribution in [0.2, 0.25) is 0 Å². The SMILES string of the molecule is COc1ccccc1C(CNC(C)C)OCCOC(C)C. The van der Waals surface area contributed by atoms with Gasteiger partial charge in [0, 0.05) is 18.2 Å². The molecule has 0 amide bonds. The Hall–Kier alpha value is -1.10. The lowest BCUT2D eigenvalue weighted by Gasteiger charge is -2.22. The van der Waals surface area contributed by atoms with Crippen LogP contribution in [0, 0.1) is 0 Å². The smallest absolute Gasteiger partial charge is 0.124 e. The molecule has 4 nitrogen and oxygen atoms in total. The third kappa shape index (κ3) is 6.93. The van der Waals surface area contributed by atoms with E-state index in [4.69, 9.17) is 14.2 Å². The first kappa shape index (κ1) is 18.0. The van der Waals surface area contributed by atoms with Crippen molar-refractivity contribution in [1.82, 2.24) is 5.32 Å². The van der Waals surface area contributed by atoms with Gasteiger partial charge in [0.25, 0.3) is 0 Å². The Morgan fingerprint density at radius 1 is 1.00 bits per heavy atom. The Labute approximate surface area is 128 Å². The van der Waals surface area contributed by atoms with Crippen LogP contribution in [0.1, 0.15) is 39.4 Å². The fourth-order valence-electron chi connectivity index (χ4n) is 2.01. The highest BCUT2D eigenvalue weighted by Gasteiger charge is 2.16. The summed E-state index contributed by atoms with van der Waals surface area (Å²) in [6, 6.07) is 8.41. The van der Waals surface area contributed by atoms with Crippen molar-refractivity contribution in [2.75, 3.05) is 26.9 Å². The van der Waals surface area contributed by atoms with Gasteiger partial charge in [-0.3, -0.25) is 0 Å². The maximum Gasteiger partial charge on any atom is 0.124 e. The molecule has 0 radical (unpaired) electrons. The van der Waals surface area contributed by atoms with Crippen LogP contribution >= 0.6 is 0 Å². The number of ether oxygens (including phenoxy) is 3. The third-order valence-corrected chi connectivity index (χ3v) is 3.05. The summed E-state index contributed by atoms with van der Waals surface area (Å²) in [6.07, 6.45) is 0.186. The summed E-state index contributed by atoms with van der Waals surface area (Å²) in [5.41, 5.74) is 1.07. The molecule has 0 aliphatic heterocycles. The van der Waals surface area contributed by atoms with Gasteiger partial charge in [0.05, 0.1) is 32.5 Å². The molecule has 0 aromatic heterocycles. The van der Waals surface area contributed by atoms with E-state index in [1.54, 1.807) is 7.11 Å². The molecule has 0 heterocycles. The minimum absolute atomic E-state index is 0.0423. The number of hydrogen-bond acceptors (Lipinski definition) is 4. The largest absolute Gasteiger partial charge is 0.496 e. The van der Waals surface area contributed by atoms with Gasteiger partial charge in [-0.15, -0.1) is 0 Å². The fraction of sp³-hybridized carbons (Fsp3) is 0.647. The van der Waals surface area contributed by atoms with Crippen molar-refractivity contribution in [3.05, 3.63) is 29.8 Å². The van der Waals surface area contributed by atoms with E-state index in [1.165, 1.54) is 0 Å². The molecule has 4 heteroatoms. The van der Waals surface area contributed by atoms with Gasteiger partial charge < -0.3 is 19.5 Å². The van der Waals surface area contributed by atoms with Gasteiger partial charge in [-0.2, -0.15) is 0 Å². The van der Waals surface area contributed by atoms with Crippen LogP contribution < -0.4 is 10.1 Å². The molecule has 1 N–H and O–H groups in total. The highest BCUT2D eigenvalue weighted by atomic mass is 16.5. The predicted molar refractivity (Wildman–Crippen MR) is 85.9 cm³/mol. The van der Waals surface area contributed by atoms with Crippen molar-refractivity contribution in [2.45, 2.75) is 45.9 Å². The monoisotopic (exact) mass is 295 g/mol. The Morgan fingerprint density at radius 3 is 2.29 bits per heavy atom. The van der Waals surface area contributed by atoms with Crippen molar-refractivity contribution >= 4 is 0 Å². The number of benzene rings is 1. The highest BCUT2D eigenvalue weighted by molar-refractivity contribution is 5.35. The molecule has 1 aromatic rings. The first-order chi connectivity index (χ1) is 10.0. The van der Waals surface area contributed by atoms with Crippen LogP contribution in [0.15, 0.2) is 24.3 Å². The second-order valence-corrected chi connectivity index (χ2v) is 5.58. The molecule has 0 aliphatic carbocycles. The van der Waals surface area contributed by atoms with Crippen LogP contribution in [-0.4, -0.2) is 39.0 Å². The lowest BCUT2D eigenvalue weighted by molar-refractivity contribution is -0.0141. The van der Waals surface area contributed by atoms with Crippen molar-refractivity contribution in [1.29, 1.82) is 0 Å². The summed E-state index contributed by atoms with van der Waals surface area (Å²) in [4.78, 5) is 0. The minimum Gasteiger partial charge on any atom is -0.496 e. The van der Waals surface area contributed by atoms with Crippen LogP contribution in [0.3, 0.4) is 0 Å². The third-order valence-electron chi connectivity index (χ3n) is 3.05. The average Bonchev–Trinajstić information content (AvgIpc) is 2.46. The molecule has 1 rings (SSSR count). The maximum atomic E-state index is 6.00. The van der Waals surface area contributed by atoms with Gasteiger partial charge in [-0.25, -0.2) is 0 Å². The lowest BCUT2D eigenvalue weighted by atomic mass is 10.1. The zero-order valence-corrected chi connectivity index (χ0v) is 13.9. The molecule has 0 saturated carbocycles. The van der Waals surface area contributed by atoms with Crippen LogP contribution in [-0.2, 0) is 9.47 Å². The fourth-order valence-corrected chi connectivity index (χ4v) is 2.01. The van der Waals surface area contributed by atoms with E-state index in [-0.39, 0.29) is 12.2 Å². The van der Waals surface area contributed by atoms with Crippen LogP contribution in [0.25, 0.3) is 0 Å². The summed E-state index contributed by atoms with van der Waals surface area (Å²) < 4.78 is 17.0. The molecule has 120 valence electrons. The molecule has 0 bridgehead atoms. The highest BCUT2D eigenvalue weighted by Crippen LogP contribution is 2.27. The lowest BCUT2D eigenvalue weighted by Crippen LogP contribution is -2.30. The zero-order valence-electron chi connectivity index (χ0n) is 13.9. The number of para-hydroxylation sites is 1. The molecule has 0 spiro atoms. The number of methoxy groups -OCH3 is 1. The average molecular weight is 295 g/mol. The molecule has 0 aliphatic rings. The molecule has 1 aromatic carbocycles. The van der Waals surface area contributed by atoms with Gasteiger partial charge in [-0.05, 0) is 19.9 Å². The summed E-state index contributed by atoms with van der Waals surface area (Å²) in [5.74, 6) is 0.859. The molecular weight excluding hydrogens is 266 g/mol. The normalized spacial score (nSPS) is 12.9. The Kier molecular flexibility index (Phi) is 8.35. The number of nitrogens with one attached hydrogen (secondary N) is 1. The van der Waals surface area contributed by atoms with E-state index < -0.39 is 0 Å². The van der Waals surface area contributed by atoms with Gasteiger partial charge >= 0.3 is 0 Å². The first-order valence-corrected chi connectivity index (χ1v) is 7.64. The van der Waals surface area contributed by atoms with Crippen LogP contribution in [0.5, 0.6) is 5.75 Å². The van der Waals surface area contributed by atoms with Crippen molar-refractivity contribution < 1.29 is 14.2 Å². The minimum atomic E-state index is -0.0423. The molecule has 1 atom stereocenters. The molecule has 0 fully saturated rings. The van der Waals surface area contributed by atoms with Gasteiger partial charge in [0.1, 0.15) is 5.75 Å². The van der Waals surface area contributed by atoms with E-state index in [9.17, 15) is 0 Å². The van der Waals surface area contributed by atoms with Gasteiger partial charge in [0.2, 0.25) is 0 Å². The molecular formula is C17H29NO3. The molecule has 1 unspecified atom stereocenters. The van der Waals surface area contributed by atoms with Crippen molar-refractivity contribution in [2.24, 2.45) is 0 Å². The topological polar surface area (TPSA) is 39.7 Å². The van der Waals surface area contributed by atoms with Gasteiger partial charge in [-0.1, -0.05) is 32.0 Å². The van der Waals surface area contributed by atoms with Crippen molar-refractivity contribution in [3.63, 3.8) is 0 Å². The summed E-state index contributed by atoms with van der Waals surface area (Å²) >= 11 is 0.